The van der Waals surface area contributed by atoms with Crippen LogP contribution >= 0.6 is 0 Å². The van der Waals surface area contributed by atoms with Crippen molar-refractivity contribution in [3.05, 3.63) is 0 Å². The lowest BCUT2D eigenvalue weighted by Gasteiger charge is -2.40. The predicted octanol–water partition coefficient (Wildman–Crippen LogP) is 1.20. The molecule has 1 amide bonds. The third kappa shape index (κ3) is 3.04. The van der Waals surface area contributed by atoms with Gasteiger partial charge in [0.25, 0.3) is 0 Å². The molecular weight excluding hydrogens is 226 g/mol. The maximum atomic E-state index is 12.3. The second-order valence-corrected chi connectivity index (χ2v) is 6.06. The van der Waals surface area contributed by atoms with Crippen molar-refractivity contribution in [2.45, 2.75) is 57.5 Å². The van der Waals surface area contributed by atoms with E-state index < -0.39 is 0 Å². The molecule has 1 aliphatic heterocycles. The van der Waals surface area contributed by atoms with Gasteiger partial charge in [0.2, 0.25) is 5.91 Å². The van der Waals surface area contributed by atoms with Gasteiger partial charge in [-0.25, -0.2) is 0 Å². The fourth-order valence-electron chi connectivity index (χ4n) is 3.36. The molecule has 104 valence electrons. The summed E-state index contributed by atoms with van der Waals surface area (Å²) in [6.45, 7) is 8.19. The lowest BCUT2D eigenvalue weighted by atomic mass is 9.94. The minimum Gasteiger partial charge on any atom is -0.340 e. The van der Waals surface area contributed by atoms with Gasteiger partial charge in [-0.2, -0.15) is 0 Å². The summed E-state index contributed by atoms with van der Waals surface area (Å²) >= 11 is 0. The topological polar surface area (TPSA) is 49.6 Å². The van der Waals surface area contributed by atoms with E-state index in [-0.39, 0.29) is 11.4 Å². The first-order valence-corrected chi connectivity index (χ1v) is 7.35. The smallest absolute Gasteiger partial charge is 0.224 e. The quantitative estimate of drug-likeness (QED) is 0.822. The van der Waals surface area contributed by atoms with Gasteiger partial charge < -0.3 is 10.6 Å². The summed E-state index contributed by atoms with van der Waals surface area (Å²) in [5, 5.41) is 0. The molecule has 2 N–H and O–H groups in total. The molecule has 2 aliphatic rings. The molecule has 0 spiro atoms. The van der Waals surface area contributed by atoms with Crippen LogP contribution in [-0.2, 0) is 4.79 Å². The molecule has 0 aromatic heterocycles. The Kier molecular flexibility index (Phi) is 4.28. The van der Waals surface area contributed by atoms with E-state index in [0.717, 1.165) is 39.0 Å². The van der Waals surface area contributed by atoms with Gasteiger partial charge in [-0.05, 0) is 26.3 Å². The Morgan fingerprint density at radius 1 is 1.33 bits per heavy atom. The fraction of sp³-hybridized carbons (Fsp3) is 0.929. The number of carbonyl (C=O) groups excluding carboxylic acids is 1. The van der Waals surface area contributed by atoms with Crippen LogP contribution in [0.5, 0.6) is 0 Å². The highest BCUT2D eigenvalue weighted by molar-refractivity contribution is 5.77. The van der Waals surface area contributed by atoms with Crippen molar-refractivity contribution in [3.8, 4) is 0 Å². The lowest BCUT2D eigenvalue weighted by Crippen LogP contribution is -2.55. The molecule has 18 heavy (non-hydrogen) atoms. The monoisotopic (exact) mass is 253 g/mol. The largest absolute Gasteiger partial charge is 0.340 e. The normalized spacial score (nSPS) is 28.6. The van der Waals surface area contributed by atoms with Crippen LogP contribution in [-0.4, -0.2) is 53.5 Å². The average molecular weight is 253 g/mol. The lowest BCUT2D eigenvalue weighted by molar-refractivity contribution is -0.135. The zero-order chi connectivity index (χ0) is 13.2. The van der Waals surface area contributed by atoms with Crippen molar-refractivity contribution in [3.63, 3.8) is 0 Å². The van der Waals surface area contributed by atoms with Crippen LogP contribution in [0, 0.1) is 0 Å². The maximum Gasteiger partial charge on any atom is 0.224 e. The number of carbonyl (C=O) groups is 1. The highest BCUT2D eigenvalue weighted by atomic mass is 16.2. The SMILES string of the molecule is CCN1CCN(C(=O)CC2(N)CCCC2)CC1C. The minimum absolute atomic E-state index is 0.206. The van der Waals surface area contributed by atoms with Gasteiger partial charge in [-0.15, -0.1) is 0 Å². The molecule has 0 aromatic carbocycles. The van der Waals surface area contributed by atoms with Gasteiger partial charge in [0.15, 0.2) is 0 Å². The summed E-state index contributed by atoms with van der Waals surface area (Å²) in [6.07, 6.45) is 4.95. The Bertz CT molecular complexity index is 299. The Labute approximate surface area is 110 Å². The standard InChI is InChI=1S/C14H27N3O/c1-3-16-8-9-17(11-12(16)2)13(18)10-14(15)6-4-5-7-14/h12H,3-11,15H2,1-2H3. The van der Waals surface area contributed by atoms with Gasteiger partial charge in [0.05, 0.1) is 0 Å². The third-order valence-corrected chi connectivity index (χ3v) is 4.63. The molecule has 4 nitrogen and oxygen atoms in total. The minimum atomic E-state index is -0.206. The van der Waals surface area contributed by atoms with E-state index in [9.17, 15) is 4.79 Å². The average Bonchev–Trinajstić information content (AvgIpc) is 2.75. The predicted molar refractivity (Wildman–Crippen MR) is 73.3 cm³/mol. The molecular formula is C14H27N3O. The van der Waals surface area contributed by atoms with Crippen LogP contribution < -0.4 is 5.73 Å². The second kappa shape index (κ2) is 5.57. The molecule has 2 rings (SSSR count). The molecule has 1 unspecified atom stereocenters. The highest BCUT2D eigenvalue weighted by Crippen LogP contribution is 2.30. The molecule has 4 heteroatoms. The van der Waals surface area contributed by atoms with Gasteiger partial charge in [-0.3, -0.25) is 9.69 Å². The Morgan fingerprint density at radius 3 is 2.56 bits per heavy atom. The number of hydrogen-bond acceptors (Lipinski definition) is 3. The van der Waals surface area contributed by atoms with Crippen LogP contribution in [0.1, 0.15) is 46.0 Å². The maximum absolute atomic E-state index is 12.3. The van der Waals surface area contributed by atoms with Gasteiger partial charge in [-0.1, -0.05) is 19.8 Å². The van der Waals surface area contributed by atoms with Crippen molar-refractivity contribution in [2.75, 3.05) is 26.2 Å². The first kappa shape index (κ1) is 13.8. The van der Waals surface area contributed by atoms with Crippen molar-refractivity contribution in [1.29, 1.82) is 0 Å². The van der Waals surface area contributed by atoms with Crippen LogP contribution in [0.25, 0.3) is 0 Å². The van der Waals surface area contributed by atoms with Crippen LogP contribution in [0.4, 0.5) is 0 Å². The number of nitrogens with zero attached hydrogens (tertiary/aromatic N) is 2. The molecule has 2 fully saturated rings. The Morgan fingerprint density at radius 2 is 2.00 bits per heavy atom. The van der Waals surface area contributed by atoms with E-state index >= 15 is 0 Å². The van der Waals surface area contributed by atoms with E-state index in [1.54, 1.807) is 0 Å². The van der Waals surface area contributed by atoms with Crippen LogP contribution in [0.3, 0.4) is 0 Å². The third-order valence-electron chi connectivity index (χ3n) is 4.63. The van der Waals surface area contributed by atoms with Gasteiger partial charge in [0.1, 0.15) is 0 Å². The Balaban J connectivity index is 1.86. The van der Waals surface area contributed by atoms with Crippen molar-refractivity contribution in [1.82, 2.24) is 9.80 Å². The molecule has 1 aliphatic carbocycles. The van der Waals surface area contributed by atoms with E-state index in [4.69, 9.17) is 5.73 Å². The van der Waals surface area contributed by atoms with Crippen LogP contribution in [0.15, 0.2) is 0 Å². The molecule has 1 saturated carbocycles. The second-order valence-electron chi connectivity index (χ2n) is 6.06. The molecule has 0 bridgehead atoms. The number of amides is 1. The zero-order valence-electron chi connectivity index (χ0n) is 11.8. The zero-order valence-corrected chi connectivity index (χ0v) is 11.8. The molecule has 1 saturated heterocycles. The van der Waals surface area contributed by atoms with E-state index in [1.807, 2.05) is 4.90 Å². The number of rotatable bonds is 3. The summed E-state index contributed by atoms with van der Waals surface area (Å²) in [7, 11) is 0. The number of piperazine rings is 1. The van der Waals surface area contributed by atoms with E-state index in [0.29, 0.717) is 12.5 Å². The van der Waals surface area contributed by atoms with Gasteiger partial charge >= 0.3 is 0 Å². The summed E-state index contributed by atoms with van der Waals surface area (Å²) in [6, 6.07) is 0.477. The number of hydrogen-bond donors (Lipinski definition) is 1. The molecule has 0 aromatic rings. The van der Waals surface area contributed by atoms with E-state index in [2.05, 4.69) is 18.7 Å². The van der Waals surface area contributed by atoms with Gasteiger partial charge in [0, 0.05) is 37.6 Å². The summed E-state index contributed by atoms with van der Waals surface area (Å²) in [5.41, 5.74) is 6.09. The van der Waals surface area contributed by atoms with Crippen LogP contribution in [0.2, 0.25) is 0 Å². The highest BCUT2D eigenvalue weighted by Gasteiger charge is 2.34. The molecule has 1 heterocycles. The fourth-order valence-corrected chi connectivity index (χ4v) is 3.36. The van der Waals surface area contributed by atoms with Crippen molar-refractivity contribution >= 4 is 5.91 Å². The number of likely N-dealkylation sites (N-methyl/N-ethyl adjacent to an activating group) is 1. The summed E-state index contributed by atoms with van der Waals surface area (Å²) in [5.74, 6) is 0.266. The number of nitrogens with two attached hydrogens (primary N) is 1. The summed E-state index contributed by atoms with van der Waals surface area (Å²) < 4.78 is 0. The molecule has 0 radical (unpaired) electrons. The Hall–Kier alpha value is -0.610. The molecule has 1 atom stereocenters. The van der Waals surface area contributed by atoms with Crippen molar-refractivity contribution < 1.29 is 4.79 Å². The van der Waals surface area contributed by atoms with E-state index in [1.165, 1.54) is 12.8 Å². The first-order valence-electron chi connectivity index (χ1n) is 7.35. The first-order chi connectivity index (χ1) is 8.54. The van der Waals surface area contributed by atoms with Crippen molar-refractivity contribution in [2.24, 2.45) is 5.73 Å². The summed E-state index contributed by atoms with van der Waals surface area (Å²) in [4.78, 5) is 16.8.